The molecule has 2 N–H and O–H groups in total. The molecule has 1 aliphatic heterocycles. The number of amides is 2. The van der Waals surface area contributed by atoms with Crippen LogP contribution in [0.2, 0.25) is 0 Å². The average molecular weight is 414 g/mol. The number of hydrogen-bond donors (Lipinski definition) is 2. The first kappa shape index (κ1) is 21.7. The minimum atomic E-state index is -0.482. The van der Waals surface area contributed by atoms with Crippen LogP contribution >= 0.6 is 0 Å². The van der Waals surface area contributed by atoms with E-state index in [4.69, 9.17) is 4.74 Å². The molecule has 0 unspecified atom stereocenters. The average Bonchev–Trinajstić information content (AvgIpc) is 2.71. The number of nitrogens with zero attached hydrogens (tertiary/aromatic N) is 2. The van der Waals surface area contributed by atoms with E-state index in [1.54, 1.807) is 24.9 Å². The van der Waals surface area contributed by atoms with Crippen LogP contribution in [0.5, 0.6) is 0 Å². The number of hydrogen-bond acceptors (Lipinski definition) is 5. The highest BCUT2D eigenvalue weighted by Gasteiger charge is 2.14. The molecule has 1 saturated heterocycles. The summed E-state index contributed by atoms with van der Waals surface area (Å²) in [6, 6.07) is 12.3. The van der Waals surface area contributed by atoms with Crippen molar-refractivity contribution < 1.29 is 18.7 Å². The van der Waals surface area contributed by atoms with E-state index in [1.807, 2.05) is 24.3 Å². The van der Waals surface area contributed by atoms with E-state index >= 15 is 0 Å². The lowest BCUT2D eigenvalue weighted by Gasteiger charge is -2.28. The molecule has 7 nitrogen and oxygen atoms in total. The smallest absolute Gasteiger partial charge is 0.238 e. The van der Waals surface area contributed by atoms with Crippen molar-refractivity contribution in [3.63, 3.8) is 0 Å². The SMILES string of the molecule is Cc1ccc(NC(=O)CN(C)CC(=O)Nc2ccc(N3CCOCC3)cc2)c(F)c1. The third-order valence-electron chi connectivity index (χ3n) is 4.75. The monoisotopic (exact) mass is 414 g/mol. The van der Waals surface area contributed by atoms with Gasteiger partial charge in [0.25, 0.3) is 0 Å². The molecular formula is C22H27FN4O3. The highest BCUT2D eigenvalue weighted by molar-refractivity contribution is 5.94. The zero-order valence-electron chi connectivity index (χ0n) is 17.3. The molecule has 1 heterocycles. The van der Waals surface area contributed by atoms with Gasteiger partial charge >= 0.3 is 0 Å². The molecule has 160 valence electrons. The minimum absolute atomic E-state index is 0.0310. The molecule has 1 aliphatic rings. The molecule has 0 aliphatic carbocycles. The predicted molar refractivity (Wildman–Crippen MR) is 115 cm³/mol. The highest BCUT2D eigenvalue weighted by atomic mass is 19.1. The summed E-state index contributed by atoms with van der Waals surface area (Å²) < 4.78 is 19.2. The third-order valence-corrected chi connectivity index (χ3v) is 4.75. The molecule has 3 rings (SSSR count). The summed E-state index contributed by atoms with van der Waals surface area (Å²) in [6.45, 7) is 4.92. The van der Waals surface area contributed by atoms with Crippen LogP contribution in [0.3, 0.4) is 0 Å². The van der Waals surface area contributed by atoms with Crippen LogP contribution in [0.15, 0.2) is 42.5 Å². The fourth-order valence-corrected chi connectivity index (χ4v) is 3.24. The summed E-state index contributed by atoms with van der Waals surface area (Å²) in [7, 11) is 1.66. The van der Waals surface area contributed by atoms with Crippen molar-refractivity contribution in [1.82, 2.24) is 4.90 Å². The first-order chi connectivity index (χ1) is 14.4. The Labute approximate surface area is 175 Å². The van der Waals surface area contributed by atoms with E-state index < -0.39 is 5.82 Å². The van der Waals surface area contributed by atoms with E-state index in [9.17, 15) is 14.0 Å². The van der Waals surface area contributed by atoms with Crippen molar-refractivity contribution in [3.8, 4) is 0 Å². The van der Waals surface area contributed by atoms with Gasteiger partial charge in [0.05, 0.1) is 32.0 Å². The Morgan fingerprint density at radius 3 is 2.30 bits per heavy atom. The highest BCUT2D eigenvalue weighted by Crippen LogP contribution is 2.19. The Balaban J connectivity index is 1.45. The zero-order chi connectivity index (χ0) is 21.5. The van der Waals surface area contributed by atoms with Crippen LogP contribution in [0.1, 0.15) is 5.56 Å². The number of likely N-dealkylation sites (N-methyl/N-ethyl adjacent to an activating group) is 1. The van der Waals surface area contributed by atoms with Crippen molar-refractivity contribution >= 4 is 28.9 Å². The maximum absolute atomic E-state index is 13.8. The Morgan fingerprint density at radius 2 is 1.67 bits per heavy atom. The van der Waals surface area contributed by atoms with Gasteiger partial charge < -0.3 is 20.3 Å². The first-order valence-electron chi connectivity index (χ1n) is 9.88. The molecule has 0 radical (unpaired) electrons. The molecule has 1 fully saturated rings. The van der Waals surface area contributed by atoms with Crippen LogP contribution in [0.25, 0.3) is 0 Å². The van der Waals surface area contributed by atoms with Crippen molar-refractivity contribution in [3.05, 3.63) is 53.8 Å². The van der Waals surface area contributed by atoms with Gasteiger partial charge in [-0.2, -0.15) is 0 Å². The topological polar surface area (TPSA) is 73.9 Å². The van der Waals surface area contributed by atoms with Gasteiger partial charge in [0, 0.05) is 24.5 Å². The van der Waals surface area contributed by atoms with Gasteiger partial charge in [-0.05, 0) is 55.9 Å². The molecule has 0 atom stereocenters. The summed E-state index contributed by atoms with van der Waals surface area (Å²) in [5.41, 5.74) is 2.69. The molecule has 0 spiro atoms. The minimum Gasteiger partial charge on any atom is -0.378 e. The van der Waals surface area contributed by atoms with E-state index in [1.165, 1.54) is 12.1 Å². The zero-order valence-corrected chi connectivity index (χ0v) is 17.3. The number of benzene rings is 2. The Kier molecular flexibility index (Phi) is 7.37. The van der Waals surface area contributed by atoms with E-state index in [0.717, 1.165) is 37.6 Å². The number of ether oxygens (including phenoxy) is 1. The van der Waals surface area contributed by atoms with Crippen LogP contribution in [-0.4, -0.2) is 63.2 Å². The molecule has 2 aromatic carbocycles. The normalized spacial score (nSPS) is 13.9. The van der Waals surface area contributed by atoms with Crippen molar-refractivity contribution in [2.24, 2.45) is 0 Å². The molecule has 0 aromatic heterocycles. The lowest BCUT2D eigenvalue weighted by molar-refractivity contribution is -0.119. The second-order valence-electron chi connectivity index (χ2n) is 7.40. The lowest BCUT2D eigenvalue weighted by atomic mass is 10.2. The lowest BCUT2D eigenvalue weighted by Crippen LogP contribution is -2.36. The van der Waals surface area contributed by atoms with Crippen LogP contribution in [0, 0.1) is 12.7 Å². The third kappa shape index (κ3) is 6.27. The van der Waals surface area contributed by atoms with Crippen molar-refractivity contribution in [2.45, 2.75) is 6.92 Å². The van der Waals surface area contributed by atoms with Gasteiger partial charge in [-0.15, -0.1) is 0 Å². The number of nitrogens with one attached hydrogen (secondary N) is 2. The quantitative estimate of drug-likeness (QED) is 0.728. The number of anilines is 3. The van der Waals surface area contributed by atoms with Gasteiger partial charge in [0.1, 0.15) is 5.82 Å². The largest absolute Gasteiger partial charge is 0.378 e. The fourth-order valence-electron chi connectivity index (χ4n) is 3.24. The van der Waals surface area contributed by atoms with Gasteiger partial charge in [-0.1, -0.05) is 6.07 Å². The maximum atomic E-state index is 13.8. The number of halogens is 1. The summed E-state index contributed by atoms with van der Waals surface area (Å²) in [5.74, 6) is -1.10. The number of morpholine rings is 1. The Morgan fingerprint density at radius 1 is 1.03 bits per heavy atom. The summed E-state index contributed by atoms with van der Waals surface area (Å²) in [5, 5.41) is 5.35. The van der Waals surface area contributed by atoms with Gasteiger partial charge in [-0.25, -0.2) is 4.39 Å². The molecular weight excluding hydrogens is 387 g/mol. The second kappa shape index (κ2) is 10.2. The predicted octanol–water partition coefficient (Wildman–Crippen LogP) is 2.48. The molecule has 8 heteroatoms. The Bertz CT molecular complexity index is 882. The van der Waals surface area contributed by atoms with Crippen molar-refractivity contribution in [2.75, 3.05) is 62.0 Å². The summed E-state index contributed by atoms with van der Waals surface area (Å²) >= 11 is 0. The van der Waals surface area contributed by atoms with E-state index in [0.29, 0.717) is 5.69 Å². The number of aryl methyl sites for hydroxylation is 1. The second-order valence-corrected chi connectivity index (χ2v) is 7.40. The number of carbonyl (C=O) groups is 2. The van der Waals surface area contributed by atoms with Gasteiger partial charge in [-0.3, -0.25) is 14.5 Å². The molecule has 2 amide bonds. The van der Waals surface area contributed by atoms with Gasteiger partial charge in [0.15, 0.2) is 0 Å². The van der Waals surface area contributed by atoms with Crippen LogP contribution < -0.4 is 15.5 Å². The molecule has 0 bridgehead atoms. The molecule has 30 heavy (non-hydrogen) atoms. The van der Waals surface area contributed by atoms with Crippen LogP contribution in [0.4, 0.5) is 21.5 Å². The van der Waals surface area contributed by atoms with E-state index in [-0.39, 0.29) is 30.6 Å². The Hall–Kier alpha value is -2.97. The maximum Gasteiger partial charge on any atom is 0.238 e. The summed E-state index contributed by atoms with van der Waals surface area (Å²) in [6.07, 6.45) is 0. The first-order valence-corrected chi connectivity index (χ1v) is 9.88. The molecule has 0 saturated carbocycles. The summed E-state index contributed by atoms with van der Waals surface area (Å²) in [4.78, 5) is 28.2. The fraction of sp³-hybridized carbons (Fsp3) is 0.364. The van der Waals surface area contributed by atoms with E-state index in [2.05, 4.69) is 15.5 Å². The van der Waals surface area contributed by atoms with Crippen LogP contribution in [-0.2, 0) is 14.3 Å². The van der Waals surface area contributed by atoms with Crippen molar-refractivity contribution in [1.29, 1.82) is 0 Å². The number of rotatable bonds is 7. The molecule has 2 aromatic rings. The van der Waals surface area contributed by atoms with Gasteiger partial charge in [0.2, 0.25) is 11.8 Å². The standard InChI is InChI=1S/C22H27FN4O3/c1-16-3-8-20(19(23)13-16)25-22(29)15-26(2)14-21(28)24-17-4-6-18(7-5-17)27-9-11-30-12-10-27/h3-8,13H,9-12,14-15H2,1-2H3,(H,24,28)(H,25,29). The number of carbonyl (C=O) groups excluding carboxylic acids is 2.